The summed E-state index contributed by atoms with van der Waals surface area (Å²) in [6, 6.07) is 3.01. The van der Waals surface area contributed by atoms with Crippen LogP contribution < -0.4 is 10.1 Å². The zero-order valence-corrected chi connectivity index (χ0v) is 10.4. The average Bonchev–Trinajstić information content (AvgIpc) is 2.34. The van der Waals surface area contributed by atoms with Gasteiger partial charge in [-0.15, -0.1) is 0 Å². The Kier molecular flexibility index (Phi) is 4.15. The third-order valence-corrected chi connectivity index (χ3v) is 2.99. The molecule has 1 heterocycles. The molecule has 0 bridgehead atoms. The molecule has 1 aliphatic carbocycles. The van der Waals surface area contributed by atoms with E-state index in [1.807, 2.05) is 0 Å². The number of aromatic nitrogens is 1. The van der Waals surface area contributed by atoms with E-state index in [2.05, 4.69) is 10.3 Å². The van der Waals surface area contributed by atoms with E-state index in [1.54, 1.807) is 25.3 Å². The number of aliphatic hydroxyl groups is 1. The summed E-state index contributed by atoms with van der Waals surface area (Å²) >= 11 is 0. The van der Waals surface area contributed by atoms with Gasteiger partial charge in [0.25, 0.3) is 5.91 Å². The van der Waals surface area contributed by atoms with Crippen LogP contribution in [0, 0.1) is 0 Å². The minimum atomic E-state index is -0.262. The Labute approximate surface area is 106 Å². The van der Waals surface area contributed by atoms with Gasteiger partial charge in [-0.05, 0) is 32.3 Å². The fourth-order valence-electron chi connectivity index (χ4n) is 1.63. The zero-order valence-electron chi connectivity index (χ0n) is 10.4. The minimum Gasteiger partial charge on any atom is -0.474 e. The van der Waals surface area contributed by atoms with Crippen molar-refractivity contribution in [2.45, 2.75) is 38.3 Å². The van der Waals surface area contributed by atoms with Crippen molar-refractivity contribution in [1.82, 2.24) is 10.3 Å². The number of pyridine rings is 1. The summed E-state index contributed by atoms with van der Waals surface area (Å²) in [6.07, 6.45) is 5.11. The fourth-order valence-corrected chi connectivity index (χ4v) is 1.63. The van der Waals surface area contributed by atoms with E-state index in [0.717, 1.165) is 12.8 Å². The molecule has 5 nitrogen and oxygen atoms in total. The van der Waals surface area contributed by atoms with Crippen LogP contribution in [0.3, 0.4) is 0 Å². The van der Waals surface area contributed by atoms with Crippen molar-refractivity contribution in [3.8, 4) is 5.88 Å². The summed E-state index contributed by atoms with van der Waals surface area (Å²) in [4.78, 5) is 15.9. The van der Waals surface area contributed by atoms with E-state index < -0.39 is 0 Å². The predicted molar refractivity (Wildman–Crippen MR) is 66.5 cm³/mol. The van der Waals surface area contributed by atoms with Crippen molar-refractivity contribution < 1.29 is 14.6 Å². The first-order valence-electron chi connectivity index (χ1n) is 6.23. The largest absolute Gasteiger partial charge is 0.474 e. The topological polar surface area (TPSA) is 71.5 Å². The second kappa shape index (κ2) is 5.82. The number of hydrogen-bond donors (Lipinski definition) is 2. The van der Waals surface area contributed by atoms with Crippen LogP contribution in [0.2, 0.25) is 0 Å². The molecule has 0 aliphatic heterocycles. The normalized spacial score (nSPS) is 16.8. The smallest absolute Gasteiger partial charge is 0.251 e. The highest BCUT2D eigenvalue weighted by Gasteiger charge is 2.20. The molecule has 1 aromatic heterocycles. The van der Waals surface area contributed by atoms with Crippen LogP contribution in [0.1, 0.15) is 36.5 Å². The number of rotatable bonds is 5. The number of carbonyl (C=O) groups excluding carboxylic acids is 1. The van der Waals surface area contributed by atoms with Gasteiger partial charge in [-0.1, -0.05) is 0 Å². The molecule has 0 spiro atoms. The highest BCUT2D eigenvalue weighted by molar-refractivity contribution is 5.94. The van der Waals surface area contributed by atoms with Gasteiger partial charge in [0.1, 0.15) is 6.10 Å². The number of hydrogen-bond acceptors (Lipinski definition) is 4. The summed E-state index contributed by atoms with van der Waals surface area (Å²) < 4.78 is 5.63. The van der Waals surface area contributed by atoms with Crippen LogP contribution >= 0.6 is 0 Å². The van der Waals surface area contributed by atoms with Crippen molar-refractivity contribution in [3.05, 3.63) is 23.9 Å². The van der Waals surface area contributed by atoms with Crippen molar-refractivity contribution >= 4 is 5.91 Å². The van der Waals surface area contributed by atoms with Crippen LogP contribution in [0.15, 0.2) is 18.3 Å². The van der Waals surface area contributed by atoms with Gasteiger partial charge in [0, 0.05) is 23.9 Å². The molecule has 2 rings (SSSR count). The lowest BCUT2D eigenvalue weighted by atomic mass is 9.96. The van der Waals surface area contributed by atoms with E-state index in [4.69, 9.17) is 9.84 Å². The van der Waals surface area contributed by atoms with E-state index in [-0.39, 0.29) is 24.7 Å². The van der Waals surface area contributed by atoms with E-state index in [0.29, 0.717) is 11.4 Å². The summed E-state index contributed by atoms with van der Waals surface area (Å²) in [5, 5.41) is 11.6. The third-order valence-electron chi connectivity index (χ3n) is 2.99. The summed E-state index contributed by atoms with van der Waals surface area (Å²) in [5.41, 5.74) is 0.500. The first kappa shape index (κ1) is 12.8. The summed E-state index contributed by atoms with van der Waals surface area (Å²) in [6.45, 7) is 1.66. The molecule has 1 aliphatic rings. The molecule has 1 fully saturated rings. The SMILES string of the molecule is CC(CO)NC(=O)c1ccnc(OC2CCC2)c1. The van der Waals surface area contributed by atoms with Crippen molar-refractivity contribution in [2.75, 3.05) is 6.61 Å². The molecule has 98 valence electrons. The van der Waals surface area contributed by atoms with Gasteiger partial charge in [0.05, 0.1) is 6.61 Å². The molecule has 1 unspecified atom stereocenters. The molecule has 1 atom stereocenters. The number of aliphatic hydroxyl groups excluding tert-OH is 1. The molecule has 0 saturated heterocycles. The lowest BCUT2D eigenvalue weighted by Crippen LogP contribution is -2.35. The molecule has 5 heteroatoms. The molecule has 0 aromatic carbocycles. The first-order chi connectivity index (χ1) is 8.69. The molecular weight excluding hydrogens is 232 g/mol. The Morgan fingerprint density at radius 1 is 1.67 bits per heavy atom. The molecular formula is C13H18N2O3. The molecule has 1 amide bonds. The number of nitrogens with zero attached hydrogens (tertiary/aromatic N) is 1. The van der Waals surface area contributed by atoms with E-state index in [9.17, 15) is 4.79 Å². The van der Waals surface area contributed by atoms with E-state index in [1.165, 1.54) is 6.42 Å². The average molecular weight is 250 g/mol. The van der Waals surface area contributed by atoms with Crippen LogP contribution in [0.5, 0.6) is 5.88 Å². The Hall–Kier alpha value is -1.62. The van der Waals surface area contributed by atoms with Gasteiger partial charge in [0.15, 0.2) is 0 Å². The van der Waals surface area contributed by atoms with Gasteiger partial charge >= 0.3 is 0 Å². The van der Waals surface area contributed by atoms with Crippen LogP contribution in [0.25, 0.3) is 0 Å². The Morgan fingerprint density at radius 2 is 2.44 bits per heavy atom. The van der Waals surface area contributed by atoms with Gasteiger partial charge in [-0.25, -0.2) is 4.98 Å². The lowest BCUT2D eigenvalue weighted by molar-refractivity contribution is 0.0918. The maximum atomic E-state index is 11.8. The Morgan fingerprint density at radius 3 is 3.06 bits per heavy atom. The van der Waals surface area contributed by atoms with Crippen LogP contribution in [-0.2, 0) is 0 Å². The Balaban J connectivity index is 1.99. The number of nitrogens with one attached hydrogen (secondary N) is 1. The number of amides is 1. The van der Waals surface area contributed by atoms with Gasteiger partial charge < -0.3 is 15.2 Å². The van der Waals surface area contributed by atoms with Gasteiger partial charge in [-0.3, -0.25) is 4.79 Å². The quantitative estimate of drug-likeness (QED) is 0.821. The Bertz CT molecular complexity index is 418. The highest BCUT2D eigenvalue weighted by atomic mass is 16.5. The molecule has 18 heavy (non-hydrogen) atoms. The molecule has 1 aromatic rings. The molecule has 0 radical (unpaired) electrons. The second-order valence-electron chi connectivity index (χ2n) is 4.61. The van der Waals surface area contributed by atoms with Crippen molar-refractivity contribution in [1.29, 1.82) is 0 Å². The minimum absolute atomic E-state index is 0.0811. The number of carbonyl (C=O) groups is 1. The summed E-state index contributed by atoms with van der Waals surface area (Å²) in [5.74, 6) is 0.265. The lowest BCUT2D eigenvalue weighted by Gasteiger charge is -2.25. The molecule has 2 N–H and O–H groups in total. The van der Waals surface area contributed by atoms with Crippen molar-refractivity contribution in [2.24, 2.45) is 0 Å². The number of ether oxygens (including phenoxy) is 1. The van der Waals surface area contributed by atoms with Gasteiger partial charge in [-0.2, -0.15) is 0 Å². The van der Waals surface area contributed by atoms with Crippen LogP contribution in [-0.4, -0.2) is 34.8 Å². The first-order valence-corrected chi connectivity index (χ1v) is 6.23. The standard InChI is InChI=1S/C13H18N2O3/c1-9(8-16)15-13(17)10-5-6-14-12(7-10)18-11-3-2-4-11/h5-7,9,11,16H,2-4,8H2,1H3,(H,15,17). The fraction of sp³-hybridized carbons (Fsp3) is 0.538. The maximum absolute atomic E-state index is 11.8. The third kappa shape index (κ3) is 3.20. The zero-order chi connectivity index (χ0) is 13.0. The highest BCUT2D eigenvalue weighted by Crippen LogP contribution is 2.24. The maximum Gasteiger partial charge on any atom is 0.251 e. The predicted octanol–water partition coefficient (Wildman–Crippen LogP) is 1.12. The van der Waals surface area contributed by atoms with Gasteiger partial charge in [0.2, 0.25) is 5.88 Å². The second-order valence-corrected chi connectivity index (χ2v) is 4.61. The van der Waals surface area contributed by atoms with Crippen LogP contribution in [0.4, 0.5) is 0 Å². The monoisotopic (exact) mass is 250 g/mol. The van der Waals surface area contributed by atoms with Crippen molar-refractivity contribution in [3.63, 3.8) is 0 Å². The summed E-state index contributed by atoms with van der Waals surface area (Å²) in [7, 11) is 0. The molecule has 1 saturated carbocycles. The van der Waals surface area contributed by atoms with E-state index >= 15 is 0 Å².